The van der Waals surface area contributed by atoms with E-state index in [0.29, 0.717) is 12.4 Å². The molecule has 0 fully saturated rings. The van der Waals surface area contributed by atoms with Crippen molar-refractivity contribution in [3.63, 3.8) is 0 Å². The van der Waals surface area contributed by atoms with Crippen molar-refractivity contribution in [3.05, 3.63) is 42.2 Å². The van der Waals surface area contributed by atoms with Gasteiger partial charge in [-0.05, 0) is 26.1 Å². The highest BCUT2D eigenvalue weighted by Crippen LogP contribution is 2.35. The van der Waals surface area contributed by atoms with Gasteiger partial charge in [-0.1, -0.05) is 18.2 Å². The van der Waals surface area contributed by atoms with E-state index in [1.807, 2.05) is 7.05 Å². The zero-order valence-electron chi connectivity index (χ0n) is 12.0. The van der Waals surface area contributed by atoms with Crippen LogP contribution in [0.15, 0.2) is 36.7 Å². The summed E-state index contributed by atoms with van der Waals surface area (Å²) in [6, 6.07) is 5.23. The molecule has 1 aromatic carbocycles. The first-order valence-electron chi connectivity index (χ1n) is 6.78. The van der Waals surface area contributed by atoms with Crippen molar-refractivity contribution < 1.29 is 17.9 Å². The number of aromatic nitrogens is 2. The van der Waals surface area contributed by atoms with E-state index in [4.69, 9.17) is 4.74 Å². The van der Waals surface area contributed by atoms with Gasteiger partial charge in [0.2, 0.25) is 0 Å². The molecular formula is C15H16F3N3O. The predicted molar refractivity (Wildman–Crippen MR) is 76.5 cm³/mol. The van der Waals surface area contributed by atoms with Gasteiger partial charge in [-0.25, -0.2) is 9.97 Å². The van der Waals surface area contributed by atoms with E-state index in [0.717, 1.165) is 19.0 Å². The molecule has 1 aromatic heterocycles. The smallest absolute Gasteiger partial charge is 0.417 e. The molecule has 118 valence electrons. The standard InChI is InChI=1S/C15H16F3N3O/c1-19-7-4-8-22-11-9-20-14(21-10-11)12-5-2-3-6-13(12)15(16,17)18/h2-3,5-6,9-10,19H,4,7-8H2,1H3. The fraction of sp³-hybridized carbons (Fsp3) is 0.333. The van der Waals surface area contributed by atoms with Crippen LogP contribution in [0, 0.1) is 0 Å². The molecule has 7 heteroatoms. The minimum absolute atomic E-state index is 0.0236. The summed E-state index contributed by atoms with van der Waals surface area (Å²) in [5.41, 5.74) is -0.797. The summed E-state index contributed by atoms with van der Waals surface area (Å²) >= 11 is 0. The normalized spacial score (nSPS) is 11.5. The van der Waals surface area contributed by atoms with E-state index >= 15 is 0 Å². The molecule has 0 amide bonds. The highest BCUT2D eigenvalue weighted by Gasteiger charge is 2.33. The number of halogens is 3. The Labute approximate surface area is 126 Å². The Morgan fingerprint density at radius 1 is 1.14 bits per heavy atom. The second kappa shape index (κ2) is 7.22. The van der Waals surface area contributed by atoms with Crippen LogP contribution in [0.2, 0.25) is 0 Å². The summed E-state index contributed by atoms with van der Waals surface area (Å²) in [6.45, 7) is 1.31. The van der Waals surface area contributed by atoms with Gasteiger partial charge < -0.3 is 10.1 Å². The quantitative estimate of drug-likeness (QED) is 0.833. The Morgan fingerprint density at radius 2 is 1.82 bits per heavy atom. The molecule has 0 aliphatic rings. The summed E-state index contributed by atoms with van der Waals surface area (Å²) in [5, 5.41) is 2.99. The lowest BCUT2D eigenvalue weighted by Crippen LogP contribution is -2.11. The van der Waals surface area contributed by atoms with Crippen LogP contribution in [-0.4, -0.2) is 30.2 Å². The van der Waals surface area contributed by atoms with Crippen LogP contribution in [0.25, 0.3) is 11.4 Å². The van der Waals surface area contributed by atoms with E-state index < -0.39 is 11.7 Å². The van der Waals surface area contributed by atoms with Crippen molar-refractivity contribution in [1.82, 2.24) is 15.3 Å². The Hall–Kier alpha value is -2.15. The second-order valence-corrected chi connectivity index (χ2v) is 4.59. The lowest BCUT2D eigenvalue weighted by molar-refractivity contribution is -0.137. The molecule has 0 saturated heterocycles. The van der Waals surface area contributed by atoms with E-state index in [-0.39, 0.29) is 11.4 Å². The fourth-order valence-electron chi connectivity index (χ4n) is 1.89. The number of rotatable bonds is 6. The monoisotopic (exact) mass is 311 g/mol. The van der Waals surface area contributed by atoms with Gasteiger partial charge in [-0.3, -0.25) is 0 Å². The highest BCUT2D eigenvalue weighted by molar-refractivity contribution is 5.61. The summed E-state index contributed by atoms with van der Waals surface area (Å²) in [5.74, 6) is 0.458. The lowest BCUT2D eigenvalue weighted by atomic mass is 10.1. The van der Waals surface area contributed by atoms with Crippen LogP contribution in [0.3, 0.4) is 0 Å². The minimum Gasteiger partial charge on any atom is -0.490 e. The van der Waals surface area contributed by atoms with Crippen molar-refractivity contribution in [1.29, 1.82) is 0 Å². The molecule has 0 atom stereocenters. The first-order valence-corrected chi connectivity index (χ1v) is 6.78. The first-order chi connectivity index (χ1) is 10.5. The van der Waals surface area contributed by atoms with E-state index in [9.17, 15) is 13.2 Å². The van der Waals surface area contributed by atoms with Crippen molar-refractivity contribution in [2.45, 2.75) is 12.6 Å². The maximum Gasteiger partial charge on any atom is 0.417 e. The van der Waals surface area contributed by atoms with Crippen LogP contribution < -0.4 is 10.1 Å². The molecule has 0 saturated carbocycles. The zero-order valence-corrected chi connectivity index (χ0v) is 12.0. The molecule has 0 radical (unpaired) electrons. The molecule has 1 heterocycles. The van der Waals surface area contributed by atoms with Gasteiger partial charge in [0.25, 0.3) is 0 Å². The molecular weight excluding hydrogens is 295 g/mol. The summed E-state index contributed by atoms with van der Waals surface area (Å²) < 4.78 is 44.3. The largest absolute Gasteiger partial charge is 0.490 e. The van der Waals surface area contributed by atoms with Crippen molar-refractivity contribution in [2.75, 3.05) is 20.2 Å². The van der Waals surface area contributed by atoms with Gasteiger partial charge in [0.15, 0.2) is 11.6 Å². The number of ether oxygens (including phenoxy) is 1. The SMILES string of the molecule is CNCCCOc1cnc(-c2ccccc2C(F)(F)F)nc1. The summed E-state index contributed by atoms with van der Waals surface area (Å²) in [7, 11) is 1.84. The number of hydrogen-bond donors (Lipinski definition) is 1. The van der Waals surface area contributed by atoms with Crippen molar-refractivity contribution in [2.24, 2.45) is 0 Å². The Bertz CT molecular complexity index is 600. The summed E-state index contributed by atoms with van der Waals surface area (Å²) in [4.78, 5) is 7.94. The third-order valence-corrected chi connectivity index (χ3v) is 2.94. The van der Waals surface area contributed by atoms with Gasteiger partial charge in [-0.15, -0.1) is 0 Å². The number of nitrogens with zero attached hydrogens (tertiary/aromatic N) is 2. The average Bonchev–Trinajstić information content (AvgIpc) is 2.51. The van der Waals surface area contributed by atoms with E-state index in [1.165, 1.54) is 30.6 Å². The number of alkyl halides is 3. The minimum atomic E-state index is -4.44. The Morgan fingerprint density at radius 3 is 2.45 bits per heavy atom. The number of benzene rings is 1. The first kappa shape index (κ1) is 16.2. The predicted octanol–water partition coefficient (Wildman–Crippen LogP) is 3.15. The lowest BCUT2D eigenvalue weighted by Gasteiger charge is -2.11. The number of nitrogens with one attached hydrogen (secondary N) is 1. The molecule has 0 aliphatic carbocycles. The average molecular weight is 311 g/mol. The van der Waals surface area contributed by atoms with Crippen LogP contribution in [0.1, 0.15) is 12.0 Å². The van der Waals surface area contributed by atoms with Crippen molar-refractivity contribution in [3.8, 4) is 17.1 Å². The van der Waals surface area contributed by atoms with E-state index in [1.54, 1.807) is 0 Å². The molecule has 0 aliphatic heterocycles. The molecule has 1 N–H and O–H groups in total. The van der Waals surface area contributed by atoms with Gasteiger partial charge in [0.1, 0.15) is 0 Å². The molecule has 22 heavy (non-hydrogen) atoms. The molecule has 4 nitrogen and oxygen atoms in total. The number of hydrogen-bond acceptors (Lipinski definition) is 4. The molecule has 0 spiro atoms. The fourth-order valence-corrected chi connectivity index (χ4v) is 1.89. The third-order valence-electron chi connectivity index (χ3n) is 2.94. The second-order valence-electron chi connectivity index (χ2n) is 4.59. The molecule has 2 rings (SSSR count). The summed E-state index contributed by atoms with van der Waals surface area (Å²) in [6.07, 6.45) is -0.860. The van der Waals surface area contributed by atoms with Crippen molar-refractivity contribution >= 4 is 0 Å². The van der Waals surface area contributed by atoms with Gasteiger partial charge >= 0.3 is 6.18 Å². The van der Waals surface area contributed by atoms with Crippen LogP contribution in [0.4, 0.5) is 13.2 Å². The van der Waals surface area contributed by atoms with Gasteiger partial charge in [0, 0.05) is 5.56 Å². The Kier molecular flexibility index (Phi) is 5.32. The maximum absolute atomic E-state index is 13.0. The van der Waals surface area contributed by atoms with Gasteiger partial charge in [-0.2, -0.15) is 13.2 Å². The molecule has 0 bridgehead atoms. The van der Waals surface area contributed by atoms with Crippen LogP contribution >= 0.6 is 0 Å². The highest BCUT2D eigenvalue weighted by atomic mass is 19.4. The zero-order chi connectivity index (χ0) is 16.0. The molecule has 2 aromatic rings. The van der Waals surface area contributed by atoms with E-state index in [2.05, 4.69) is 15.3 Å². The Balaban J connectivity index is 2.14. The van der Waals surface area contributed by atoms with Gasteiger partial charge in [0.05, 0.1) is 24.6 Å². The third kappa shape index (κ3) is 4.17. The maximum atomic E-state index is 13.0. The van der Waals surface area contributed by atoms with Crippen LogP contribution in [-0.2, 0) is 6.18 Å². The topological polar surface area (TPSA) is 47.0 Å². The molecule has 0 unspecified atom stereocenters. The van der Waals surface area contributed by atoms with Crippen LogP contribution in [0.5, 0.6) is 5.75 Å².